The van der Waals surface area contributed by atoms with Crippen molar-refractivity contribution in [1.82, 2.24) is 0 Å². The van der Waals surface area contributed by atoms with Gasteiger partial charge in [0.2, 0.25) is 5.92 Å². The number of carbonyl (C=O) groups is 1. The highest BCUT2D eigenvalue weighted by Gasteiger charge is 2.53. The maximum atomic E-state index is 12.5. The molecule has 70 valence electrons. The van der Waals surface area contributed by atoms with E-state index in [1.165, 1.54) is 6.92 Å². The molecule has 0 N–H and O–H groups in total. The zero-order valence-corrected chi connectivity index (χ0v) is 8.01. The number of hydrogen-bond donors (Lipinski definition) is 0. The second kappa shape index (κ2) is 2.98. The van der Waals surface area contributed by atoms with Gasteiger partial charge in [0, 0.05) is 25.5 Å². The quantitative estimate of drug-likeness (QED) is 0.672. The van der Waals surface area contributed by atoms with Gasteiger partial charge in [-0.1, -0.05) is 18.7 Å². The van der Waals surface area contributed by atoms with E-state index in [4.69, 9.17) is 0 Å². The Morgan fingerprint density at radius 3 is 2.33 bits per heavy atom. The first-order valence-corrected chi connectivity index (χ1v) is 4.83. The first-order chi connectivity index (χ1) is 5.33. The first-order valence-electron chi connectivity index (χ1n) is 3.84. The standard InChI is InChI=1S/C8H12F2OS/c1-6(11)12-5-7(2)3-8(9,10)4-7/h3-5H2,1-2H3. The summed E-state index contributed by atoms with van der Waals surface area (Å²) in [7, 11) is 0. The average molecular weight is 194 g/mol. The third-order valence-electron chi connectivity index (χ3n) is 1.99. The van der Waals surface area contributed by atoms with Gasteiger partial charge in [-0.3, -0.25) is 4.79 Å². The van der Waals surface area contributed by atoms with Crippen molar-refractivity contribution in [3.05, 3.63) is 0 Å². The summed E-state index contributed by atoms with van der Waals surface area (Å²) in [6, 6.07) is 0. The molecule has 0 amide bonds. The van der Waals surface area contributed by atoms with E-state index in [1.807, 2.05) is 0 Å². The maximum Gasteiger partial charge on any atom is 0.249 e. The Morgan fingerprint density at radius 2 is 2.00 bits per heavy atom. The van der Waals surface area contributed by atoms with Gasteiger partial charge < -0.3 is 0 Å². The van der Waals surface area contributed by atoms with Gasteiger partial charge >= 0.3 is 0 Å². The minimum Gasteiger partial charge on any atom is -0.288 e. The summed E-state index contributed by atoms with van der Waals surface area (Å²) in [5.41, 5.74) is -0.320. The van der Waals surface area contributed by atoms with Gasteiger partial charge in [-0.2, -0.15) is 0 Å². The molecule has 0 aromatic carbocycles. The van der Waals surface area contributed by atoms with Crippen molar-refractivity contribution >= 4 is 16.9 Å². The van der Waals surface area contributed by atoms with E-state index in [2.05, 4.69) is 0 Å². The number of alkyl halides is 2. The summed E-state index contributed by atoms with van der Waals surface area (Å²) in [5, 5.41) is 0.00596. The minimum atomic E-state index is -2.48. The molecule has 1 rings (SSSR count). The van der Waals surface area contributed by atoms with E-state index >= 15 is 0 Å². The van der Waals surface area contributed by atoms with Gasteiger partial charge in [-0.25, -0.2) is 8.78 Å². The molecule has 0 spiro atoms. The Balaban J connectivity index is 2.30. The molecule has 1 fully saturated rings. The molecule has 0 aromatic heterocycles. The first kappa shape index (κ1) is 9.96. The highest BCUT2D eigenvalue weighted by atomic mass is 32.2. The van der Waals surface area contributed by atoms with Gasteiger partial charge in [0.1, 0.15) is 0 Å². The minimum absolute atomic E-state index is 0.00596. The van der Waals surface area contributed by atoms with Gasteiger partial charge in [0.15, 0.2) is 5.12 Å². The highest BCUT2D eigenvalue weighted by Crippen LogP contribution is 2.53. The van der Waals surface area contributed by atoms with Crippen LogP contribution in [0.15, 0.2) is 0 Å². The van der Waals surface area contributed by atoms with Crippen LogP contribution in [0.4, 0.5) is 8.78 Å². The summed E-state index contributed by atoms with van der Waals surface area (Å²) in [5.74, 6) is -1.95. The van der Waals surface area contributed by atoms with Crippen LogP contribution in [0.5, 0.6) is 0 Å². The summed E-state index contributed by atoms with van der Waals surface area (Å²) in [6.45, 7) is 3.27. The predicted molar refractivity (Wildman–Crippen MR) is 45.4 cm³/mol. The van der Waals surface area contributed by atoms with Crippen LogP contribution < -0.4 is 0 Å². The molecule has 1 aliphatic carbocycles. The van der Waals surface area contributed by atoms with E-state index in [9.17, 15) is 13.6 Å². The van der Waals surface area contributed by atoms with Crippen LogP contribution in [0.25, 0.3) is 0 Å². The molecule has 0 radical (unpaired) electrons. The Kier molecular flexibility index (Phi) is 2.47. The number of thioether (sulfide) groups is 1. The lowest BCUT2D eigenvalue weighted by atomic mass is 9.69. The van der Waals surface area contributed by atoms with Gasteiger partial charge in [-0.15, -0.1) is 0 Å². The lowest BCUT2D eigenvalue weighted by Gasteiger charge is -2.44. The number of hydrogen-bond acceptors (Lipinski definition) is 2. The fourth-order valence-corrected chi connectivity index (χ4v) is 2.33. The normalized spacial score (nSPS) is 24.7. The van der Waals surface area contributed by atoms with Gasteiger partial charge in [0.05, 0.1) is 0 Å². The van der Waals surface area contributed by atoms with Crippen molar-refractivity contribution < 1.29 is 13.6 Å². The topological polar surface area (TPSA) is 17.1 Å². The summed E-state index contributed by atoms with van der Waals surface area (Å²) in [4.78, 5) is 10.6. The van der Waals surface area contributed by atoms with E-state index < -0.39 is 5.92 Å². The van der Waals surface area contributed by atoms with Crippen molar-refractivity contribution in [1.29, 1.82) is 0 Å². The van der Waals surface area contributed by atoms with Crippen molar-refractivity contribution in [3.8, 4) is 0 Å². The Morgan fingerprint density at radius 1 is 1.50 bits per heavy atom. The molecule has 0 bridgehead atoms. The van der Waals surface area contributed by atoms with Crippen molar-refractivity contribution in [2.75, 3.05) is 5.75 Å². The predicted octanol–water partition coefficient (Wildman–Crippen LogP) is 2.70. The highest BCUT2D eigenvalue weighted by molar-refractivity contribution is 8.13. The molecule has 0 aliphatic heterocycles. The van der Waals surface area contributed by atoms with Crippen molar-refractivity contribution in [2.24, 2.45) is 5.41 Å². The molecular weight excluding hydrogens is 182 g/mol. The monoisotopic (exact) mass is 194 g/mol. The number of rotatable bonds is 2. The molecule has 0 heterocycles. The Bertz CT molecular complexity index is 195. The molecule has 0 aromatic rings. The van der Waals surface area contributed by atoms with Crippen LogP contribution in [0.1, 0.15) is 26.7 Å². The van der Waals surface area contributed by atoms with E-state index in [0.717, 1.165) is 11.8 Å². The molecule has 1 saturated carbocycles. The van der Waals surface area contributed by atoms with Crippen LogP contribution >= 0.6 is 11.8 Å². The lowest BCUT2D eigenvalue weighted by molar-refractivity contribution is -0.144. The van der Waals surface area contributed by atoms with Crippen LogP contribution in [0.2, 0.25) is 0 Å². The molecule has 1 nitrogen and oxygen atoms in total. The molecule has 0 unspecified atom stereocenters. The van der Waals surface area contributed by atoms with Crippen molar-refractivity contribution in [2.45, 2.75) is 32.6 Å². The average Bonchev–Trinajstić information content (AvgIpc) is 1.79. The zero-order chi connectivity index (χ0) is 9.41. The Labute approximate surface area is 74.9 Å². The van der Waals surface area contributed by atoms with Crippen LogP contribution in [-0.2, 0) is 4.79 Å². The fraction of sp³-hybridized carbons (Fsp3) is 0.875. The molecule has 0 atom stereocenters. The lowest BCUT2D eigenvalue weighted by Crippen LogP contribution is -2.45. The Hall–Kier alpha value is -0.120. The second-order valence-corrected chi connectivity index (χ2v) is 4.95. The smallest absolute Gasteiger partial charge is 0.249 e. The second-order valence-electron chi connectivity index (χ2n) is 3.80. The number of halogens is 2. The molecular formula is C8H12F2OS. The zero-order valence-electron chi connectivity index (χ0n) is 7.19. The summed E-state index contributed by atoms with van der Waals surface area (Å²) >= 11 is 1.14. The van der Waals surface area contributed by atoms with Crippen molar-refractivity contribution in [3.63, 3.8) is 0 Å². The molecule has 0 saturated heterocycles. The largest absolute Gasteiger partial charge is 0.288 e. The third-order valence-corrected chi connectivity index (χ3v) is 3.24. The van der Waals surface area contributed by atoms with Gasteiger partial charge in [0.25, 0.3) is 0 Å². The van der Waals surface area contributed by atoms with Crippen LogP contribution in [0.3, 0.4) is 0 Å². The summed E-state index contributed by atoms with van der Waals surface area (Å²) < 4.78 is 24.9. The van der Waals surface area contributed by atoms with E-state index in [0.29, 0.717) is 5.75 Å². The van der Waals surface area contributed by atoms with E-state index in [-0.39, 0.29) is 23.4 Å². The molecule has 4 heteroatoms. The summed E-state index contributed by atoms with van der Waals surface area (Å²) in [6.07, 6.45) is -0.138. The molecule has 12 heavy (non-hydrogen) atoms. The van der Waals surface area contributed by atoms with Crippen LogP contribution in [0, 0.1) is 5.41 Å². The van der Waals surface area contributed by atoms with E-state index in [1.54, 1.807) is 6.92 Å². The fourth-order valence-electron chi connectivity index (χ4n) is 1.57. The maximum absolute atomic E-state index is 12.5. The SMILES string of the molecule is CC(=O)SCC1(C)CC(F)(F)C1. The van der Waals surface area contributed by atoms with Crippen LogP contribution in [-0.4, -0.2) is 16.8 Å². The third kappa shape index (κ3) is 2.44. The van der Waals surface area contributed by atoms with Gasteiger partial charge in [-0.05, 0) is 5.41 Å². The number of carbonyl (C=O) groups excluding carboxylic acids is 1. The molecule has 1 aliphatic rings.